The summed E-state index contributed by atoms with van der Waals surface area (Å²) in [6.07, 6.45) is 4.91. The van der Waals surface area contributed by atoms with Crippen LogP contribution in [0.5, 0.6) is 5.75 Å². The standard InChI is InChI=1S/C15H18N2O2/c1-19-13-5-2-4-12-11(13)6-9-16-14(12)17-15(10-18)7-3-8-15/h2,4-6,9,18H,3,7-8,10H2,1H3,(H,16,17). The Morgan fingerprint density at radius 2 is 2.16 bits per heavy atom. The fraction of sp³-hybridized carbons (Fsp3) is 0.400. The van der Waals surface area contributed by atoms with Gasteiger partial charge in [0.1, 0.15) is 11.6 Å². The summed E-state index contributed by atoms with van der Waals surface area (Å²) in [4.78, 5) is 4.42. The number of methoxy groups -OCH3 is 1. The number of aliphatic hydroxyl groups is 1. The lowest BCUT2D eigenvalue weighted by Crippen LogP contribution is -2.48. The zero-order valence-corrected chi connectivity index (χ0v) is 11.0. The number of nitrogens with one attached hydrogen (secondary N) is 1. The van der Waals surface area contributed by atoms with E-state index in [-0.39, 0.29) is 12.1 Å². The molecule has 100 valence electrons. The van der Waals surface area contributed by atoms with Gasteiger partial charge in [0, 0.05) is 17.0 Å². The molecule has 0 bridgehead atoms. The first-order chi connectivity index (χ1) is 9.28. The van der Waals surface area contributed by atoms with Gasteiger partial charge in [-0.1, -0.05) is 12.1 Å². The van der Waals surface area contributed by atoms with E-state index in [4.69, 9.17) is 4.74 Å². The first kappa shape index (κ1) is 12.2. The molecule has 0 radical (unpaired) electrons. The molecule has 0 unspecified atom stereocenters. The van der Waals surface area contributed by atoms with Crippen molar-refractivity contribution in [3.8, 4) is 5.75 Å². The first-order valence-corrected chi connectivity index (χ1v) is 6.59. The molecule has 19 heavy (non-hydrogen) atoms. The molecule has 4 heteroatoms. The van der Waals surface area contributed by atoms with E-state index < -0.39 is 0 Å². The summed E-state index contributed by atoms with van der Waals surface area (Å²) in [7, 11) is 1.67. The predicted octanol–water partition coefficient (Wildman–Crippen LogP) is 2.57. The minimum atomic E-state index is -0.190. The lowest BCUT2D eigenvalue weighted by atomic mass is 9.77. The third kappa shape index (κ3) is 2.02. The van der Waals surface area contributed by atoms with Crippen LogP contribution in [0.2, 0.25) is 0 Å². The van der Waals surface area contributed by atoms with Gasteiger partial charge in [-0.25, -0.2) is 4.98 Å². The Kier molecular flexibility index (Phi) is 3.03. The molecular formula is C15H18N2O2. The van der Waals surface area contributed by atoms with Crippen LogP contribution < -0.4 is 10.1 Å². The number of rotatable bonds is 4. The second-order valence-electron chi connectivity index (χ2n) is 5.13. The van der Waals surface area contributed by atoms with Gasteiger partial charge in [0.25, 0.3) is 0 Å². The molecule has 1 saturated carbocycles. The maximum atomic E-state index is 9.56. The van der Waals surface area contributed by atoms with Gasteiger partial charge in [-0.15, -0.1) is 0 Å². The van der Waals surface area contributed by atoms with Gasteiger partial charge in [0.15, 0.2) is 0 Å². The molecule has 1 aliphatic rings. The molecule has 2 aromatic rings. The normalized spacial score (nSPS) is 16.9. The van der Waals surface area contributed by atoms with Crippen molar-refractivity contribution in [2.45, 2.75) is 24.8 Å². The van der Waals surface area contributed by atoms with Crippen LogP contribution in [0.15, 0.2) is 30.5 Å². The van der Waals surface area contributed by atoms with E-state index in [0.717, 1.165) is 41.6 Å². The highest BCUT2D eigenvalue weighted by atomic mass is 16.5. The van der Waals surface area contributed by atoms with Gasteiger partial charge >= 0.3 is 0 Å². The minimum absolute atomic E-state index is 0.148. The fourth-order valence-corrected chi connectivity index (χ4v) is 2.63. The van der Waals surface area contributed by atoms with Gasteiger partial charge in [0.2, 0.25) is 0 Å². The summed E-state index contributed by atoms with van der Waals surface area (Å²) < 4.78 is 5.37. The molecule has 0 amide bonds. The average Bonchev–Trinajstić information content (AvgIpc) is 2.42. The highest BCUT2D eigenvalue weighted by Crippen LogP contribution is 2.37. The van der Waals surface area contributed by atoms with Crippen LogP contribution >= 0.6 is 0 Å². The largest absolute Gasteiger partial charge is 0.496 e. The van der Waals surface area contributed by atoms with Crippen LogP contribution in [0.25, 0.3) is 10.8 Å². The van der Waals surface area contributed by atoms with Crippen LogP contribution in [-0.2, 0) is 0 Å². The monoisotopic (exact) mass is 258 g/mol. The smallest absolute Gasteiger partial charge is 0.134 e. The van der Waals surface area contributed by atoms with Crippen molar-refractivity contribution in [3.63, 3.8) is 0 Å². The summed E-state index contributed by atoms with van der Waals surface area (Å²) in [5.74, 6) is 1.67. The SMILES string of the molecule is COc1cccc2c(NC3(CO)CCC3)nccc12. The summed E-state index contributed by atoms with van der Waals surface area (Å²) in [5, 5.41) is 15.0. The van der Waals surface area contributed by atoms with E-state index in [1.54, 1.807) is 13.3 Å². The van der Waals surface area contributed by atoms with E-state index in [1.807, 2.05) is 24.3 Å². The number of benzene rings is 1. The van der Waals surface area contributed by atoms with Crippen molar-refractivity contribution in [2.24, 2.45) is 0 Å². The summed E-state index contributed by atoms with van der Waals surface area (Å²) >= 11 is 0. The van der Waals surface area contributed by atoms with Crippen LogP contribution in [0.4, 0.5) is 5.82 Å². The van der Waals surface area contributed by atoms with Crippen LogP contribution in [0.3, 0.4) is 0 Å². The Morgan fingerprint density at radius 3 is 2.79 bits per heavy atom. The van der Waals surface area contributed by atoms with E-state index in [2.05, 4.69) is 10.3 Å². The van der Waals surface area contributed by atoms with Crippen LogP contribution in [0, 0.1) is 0 Å². The molecule has 0 atom stereocenters. The molecule has 0 spiro atoms. The Labute approximate surface area is 112 Å². The molecule has 1 aromatic heterocycles. The van der Waals surface area contributed by atoms with Crippen molar-refractivity contribution in [2.75, 3.05) is 19.0 Å². The zero-order chi connectivity index (χ0) is 13.3. The Balaban J connectivity index is 2.04. The lowest BCUT2D eigenvalue weighted by Gasteiger charge is -2.41. The van der Waals surface area contributed by atoms with Gasteiger partial charge in [-0.05, 0) is 31.4 Å². The summed E-state index contributed by atoms with van der Waals surface area (Å²) in [6, 6.07) is 7.88. The van der Waals surface area contributed by atoms with Crippen molar-refractivity contribution in [1.29, 1.82) is 0 Å². The molecule has 0 aliphatic heterocycles. The third-order valence-corrected chi connectivity index (χ3v) is 3.98. The maximum absolute atomic E-state index is 9.56. The van der Waals surface area contributed by atoms with Gasteiger partial charge in [-0.2, -0.15) is 0 Å². The van der Waals surface area contributed by atoms with E-state index in [0.29, 0.717) is 0 Å². The van der Waals surface area contributed by atoms with Gasteiger partial charge in [-0.3, -0.25) is 0 Å². The minimum Gasteiger partial charge on any atom is -0.496 e. The number of anilines is 1. The fourth-order valence-electron chi connectivity index (χ4n) is 2.63. The van der Waals surface area contributed by atoms with Crippen molar-refractivity contribution >= 4 is 16.6 Å². The number of hydrogen-bond acceptors (Lipinski definition) is 4. The quantitative estimate of drug-likeness (QED) is 0.885. The molecule has 1 heterocycles. The van der Waals surface area contributed by atoms with E-state index in [1.165, 1.54) is 0 Å². The van der Waals surface area contributed by atoms with E-state index >= 15 is 0 Å². The maximum Gasteiger partial charge on any atom is 0.134 e. The zero-order valence-electron chi connectivity index (χ0n) is 11.0. The Morgan fingerprint density at radius 1 is 1.32 bits per heavy atom. The molecule has 0 saturated heterocycles. The van der Waals surface area contributed by atoms with E-state index in [9.17, 15) is 5.11 Å². The second-order valence-corrected chi connectivity index (χ2v) is 5.13. The highest BCUT2D eigenvalue weighted by molar-refractivity contribution is 5.96. The Bertz CT molecular complexity index is 588. The number of hydrogen-bond donors (Lipinski definition) is 2. The molecule has 1 aromatic carbocycles. The number of aromatic nitrogens is 1. The summed E-state index contributed by atoms with van der Waals surface area (Å²) in [6.45, 7) is 0.148. The highest BCUT2D eigenvalue weighted by Gasteiger charge is 2.36. The van der Waals surface area contributed by atoms with Crippen molar-refractivity contribution < 1.29 is 9.84 Å². The number of nitrogens with zero attached hydrogens (tertiary/aromatic N) is 1. The molecule has 3 rings (SSSR count). The van der Waals surface area contributed by atoms with Gasteiger partial charge < -0.3 is 15.2 Å². The number of ether oxygens (including phenoxy) is 1. The van der Waals surface area contributed by atoms with Crippen LogP contribution in [0.1, 0.15) is 19.3 Å². The first-order valence-electron chi connectivity index (χ1n) is 6.59. The molecule has 1 aliphatic carbocycles. The molecule has 1 fully saturated rings. The summed E-state index contributed by atoms with van der Waals surface area (Å²) in [5.41, 5.74) is -0.190. The van der Waals surface area contributed by atoms with Crippen molar-refractivity contribution in [3.05, 3.63) is 30.5 Å². The number of fused-ring (bicyclic) bond motifs is 1. The number of aliphatic hydroxyl groups excluding tert-OH is 1. The third-order valence-electron chi connectivity index (χ3n) is 3.98. The Hall–Kier alpha value is -1.81. The number of pyridine rings is 1. The second kappa shape index (κ2) is 4.70. The van der Waals surface area contributed by atoms with Crippen molar-refractivity contribution in [1.82, 2.24) is 4.98 Å². The van der Waals surface area contributed by atoms with Crippen LogP contribution in [-0.4, -0.2) is 29.3 Å². The van der Waals surface area contributed by atoms with Gasteiger partial charge in [0.05, 0.1) is 19.3 Å². The topological polar surface area (TPSA) is 54.4 Å². The molecule has 2 N–H and O–H groups in total. The predicted molar refractivity (Wildman–Crippen MR) is 75.6 cm³/mol. The lowest BCUT2D eigenvalue weighted by molar-refractivity contribution is 0.144. The molecular weight excluding hydrogens is 240 g/mol. The molecule has 4 nitrogen and oxygen atoms in total. The average molecular weight is 258 g/mol.